The van der Waals surface area contributed by atoms with E-state index in [9.17, 15) is 5.11 Å². The van der Waals surface area contributed by atoms with Crippen LogP contribution < -0.4 is 11.1 Å². The van der Waals surface area contributed by atoms with Crippen molar-refractivity contribution in [3.8, 4) is 0 Å². The lowest BCUT2D eigenvalue weighted by Gasteiger charge is -2.02. The lowest BCUT2D eigenvalue weighted by Crippen LogP contribution is -2.12. The van der Waals surface area contributed by atoms with Crippen molar-refractivity contribution in [3.05, 3.63) is 11.1 Å². The Morgan fingerprint density at radius 1 is 1.77 bits per heavy atom. The lowest BCUT2D eigenvalue weighted by molar-refractivity contribution is 0.183. The maximum Gasteiger partial charge on any atom is 0.183 e. The average Bonchev–Trinajstić information content (AvgIpc) is 2.81. The number of anilines is 1. The highest BCUT2D eigenvalue weighted by Gasteiger charge is 2.22. The van der Waals surface area contributed by atoms with E-state index in [1.165, 1.54) is 24.2 Å². The molecule has 13 heavy (non-hydrogen) atoms. The summed E-state index contributed by atoms with van der Waals surface area (Å²) in [7, 11) is 0. The van der Waals surface area contributed by atoms with Crippen molar-refractivity contribution >= 4 is 16.5 Å². The molecule has 1 unspecified atom stereocenters. The van der Waals surface area contributed by atoms with E-state index in [1.54, 1.807) is 0 Å². The van der Waals surface area contributed by atoms with Crippen LogP contribution in [0.4, 0.5) is 5.13 Å². The summed E-state index contributed by atoms with van der Waals surface area (Å²) in [6.07, 6.45) is 1.84. The second-order valence-corrected chi connectivity index (χ2v) is 4.11. The van der Waals surface area contributed by atoms with Gasteiger partial charge in [0.2, 0.25) is 0 Å². The van der Waals surface area contributed by atoms with Crippen molar-refractivity contribution in [2.24, 2.45) is 5.73 Å². The second kappa shape index (κ2) is 3.61. The molecule has 1 aliphatic carbocycles. The second-order valence-electron chi connectivity index (χ2n) is 3.25. The maximum absolute atomic E-state index is 9.38. The Morgan fingerprint density at radius 3 is 3.15 bits per heavy atom. The van der Waals surface area contributed by atoms with Crippen LogP contribution in [-0.4, -0.2) is 22.7 Å². The molecule has 1 aliphatic rings. The van der Waals surface area contributed by atoms with E-state index >= 15 is 0 Å². The maximum atomic E-state index is 9.38. The molecular weight excluding hydrogens is 186 g/mol. The van der Waals surface area contributed by atoms with Gasteiger partial charge < -0.3 is 16.2 Å². The molecule has 1 fully saturated rings. The van der Waals surface area contributed by atoms with Crippen LogP contribution in [0, 0.1) is 0 Å². The van der Waals surface area contributed by atoms with E-state index in [4.69, 9.17) is 5.73 Å². The first-order chi connectivity index (χ1) is 6.29. The van der Waals surface area contributed by atoms with Crippen LogP contribution >= 0.6 is 11.3 Å². The Morgan fingerprint density at radius 2 is 2.54 bits per heavy atom. The summed E-state index contributed by atoms with van der Waals surface area (Å²) in [4.78, 5) is 4.24. The van der Waals surface area contributed by atoms with Gasteiger partial charge in [0.15, 0.2) is 5.13 Å². The van der Waals surface area contributed by atoms with Crippen molar-refractivity contribution in [2.45, 2.75) is 25.0 Å². The zero-order valence-corrected chi connectivity index (χ0v) is 8.05. The number of nitrogens with one attached hydrogen (secondary N) is 1. The van der Waals surface area contributed by atoms with E-state index < -0.39 is 6.10 Å². The van der Waals surface area contributed by atoms with Gasteiger partial charge in [0.05, 0.1) is 5.69 Å². The van der Waals surface area contributed by atoms with Gasteiger partial charge >= 0.3 is 0 Å². The fourth-order valence-corrected chi connectivity index (χ4v) is 1.86. The molecule has 0 radical (unpaired) electrons. The predicted octanol–water partition coefficient (Wildman–Crippen LogP) is 0.709. The predicted molar refractivity (Wildman–Crippen MR) is 52.8 cm³/mol. The molecule has 1 atom stereocenters. The van der Waals surface area contributed by atoms with E-state index in [2.05, 4.69) is 10.3 Å². The monoisotopic (exact) mass is 199 g/mol. The minimum atomic E-state index is -0.619. The fraction of sp³-hybridized carbons (Fsp3) is 0.625. The highest BCUT2D eigenvalue weighted by Crippen LogP contribution is 2.27. The number of rotatable bonds is 4. The molecule has 72 valence electrons. The third kappa shape index (κ3) is 2.18. The first kappa shape index (κ1) is 8.93. The van der Waals surface area contributed by atoms with E-state index in [-0.39, 0.29) is 6.54 Å². The molecule has 0 bridgehead atoms. The van der Waals surface area contributed by atoms with Gasteiger partial charge in [-0.25, -0.2) is 4.98 Å². The molecule has 0 spiro atoms. The molecule has 2 rings (SSSR count). The van der Waals surface area contributed by atoms with Gasteiger partial charge in [-0.1, -0.05) is 0 Å². The van der Waals surface area contributed by atoms with Gasteiger partial charge in [0.1, 0.15) is 6.10 Å². The van der Waals surface area contributed by atoms with Crippen LogP contribution in [0.5, 0.6) is 0 Å². The van der Waals surface area contributed by atoms with Gasteiger partial charge in [-0.05, 0) is 12.8 Å². The summed E-state index contributed by atoms with van der Waals surface area (Å²) in [5, 5.41) is 15.4. The number of nitrogens with zero attached hydrogens (tertiary/aromatic N) is 1. The van der Waals surface area contributed by atoms with Crippen molar-refractivity contribution in [1.82, 2.24) is 4.98 Å². The van der Waals surface area contributed by atoms with E-state index in [0.29, 0.717) is 11.7 Å². The zero-order chi connectivity index (χ0) is 9.26. The topological polar surface area (TPSA) is 71.2 Å². The third-order valence-electron chi connectivity index (χ3n) is 1.99. The van der Waals surface area contributed by atoms with Gasteiger partial charge in [-0.2, -0.15) is 0 Å². The van der Waals surface area contributed by atoms with Crippen LogP contribution in [0.25, 0.3) is 0 Å². The van der Waals surface area contributed by atoms with Gasteiger partial charge in [-0.15, -0.1) is 11.3 Å². The number of hydrogen-bond donors (Lipinski definition) is 3. The Bertz CT molecular complexity index is 285. The Kier molecular flexibility index (Phi) is 2.48. The average molecular weight is 199 g/mol. The molecule has 1 aromatic heterocycles. The summed E-state index contributed by atoms with van der Waals surface area (Å²) in [6, 6.07) is 0.606. The summed E-state index contributed by atoms with van der Waals surface area (Å²) >= 11 is 1.52. The molecule has 1 heterocycles. The van der Waals surface area contributed by atoms with Crippen LogP contribution in [-0.2, 0) is 0 Å². The highest BCUT2D eigenvalue weighted by atomic mass is 32.1. The molecule has 0 aliphatic heterocycles. The van der Waals surface area contributed by atoms with Crippen LogP contribution in [0.3, 0.4) is 0 Å². The van der Waals surface area contributed by atoms with Crippen molar-refractivity contribution in [3.63, 3.8) is 0 Å². The van der Waals surface area contributed by atoms with Crippen molar-refractivity contribution < 1.29 is 5.11 Å². The number of hydrogen-bond acceptors (Lipinski definition) is 5. The number of aromatic nitrogens is 1. The van der Waals surface area contributed by atoms with E-state index in [0.717, 1.165) is 5.13 Å². The normalized spacial score (nSPS) is 18.6. The molecule has 0 aromatic carbocycles. The third-order valence-corrected chi connectivity index (χ3v) is 2.78. The number of aliphatic hydroxyl groups excluding tert-OH is 1. The van der Waals surface area contributed by atoms with Crippen LogP contribution in [0.2, 0.25) is 0 Å². The van der Waals surface area contributed by atoms with Gasteiger partial charge in [-0.3, -0.25) is 0 Å². The largest absolute Gasteiger partial charge is 0.385 e. The van der Waals surface area contributed by atoms with Crippen LogP contribution in [0.15, 0.2) is 5.38 Å². The Hall–Kier alpha value is -0.650. The number of thiazole rings is 1. The summed E-state index contributed by atoms with van der Waals surface area (Å²) in [5.74, 6) is 0. The summed E-state index contributed by atoms with van der Waals surface area (Å²) < 4.78 is 0. The lowest BCUT2D eigenvalue weighted by atomic mass is 10.3. The summed E-state index contributed by atoms with van der Waals surface area (Å²) in [6.45, 7) is 0.229. The van der Waals surface area contributed by atoms with Crippen molar-refractivity contribution in [2.75, 3.05) is 11.9 Å². The quantitative estimate of drug-likeness (QED) is 0.668. The zero-order valence-electron chi connectivity index (χ0n) is 7.23. The minimum Gasteiger partial charge on any atom is -0.385 e. The molecule has 0 amide bonds. The SMILES string of the molecule is NCC(O)c1csc(NC2CC2)n1. The first-order valence-corrected chi connectivity index (χ1v) is 5.27. The minimum absolute atomic E-state index is 0.229. The Balaban J connectivity index is 1.99. The van der Waals surface area contributed by atoms with E-state index in [1.807, 2.05) is 5.38 Å². The van der Waals surface area contributed by atoms with Crippen LogP contribution in [0.1, 0.15) is 24.6 Å². The van der Waals surface area contributed by atoms with Gasteiger partial charge in [0, 0.05) is 18.0 Å². The standard InChI is InChI=1S/C8H13N3OS/c9-3-7(12)6-4-13-8(11-6)10-5-1-2-5/h4-5,7,12H,1-3,9H2,(H,10,11). The summed E-state index contributed by atoms with van der Waals surface area (Å²) in [5.41, 5.74) is 6.00. The molecule has 0 saturated heterocycles. The molecule has 4 N–H and O–H groups in total. The number of aliphatic hydroxyl groups is 1. The molecular formula is C8H13N3OS. The number of nitrogens with two attached hydrogens (primary N) is 1. The molecule has 1 saturated carbocycles. The molecule has 4 nitrogen and oxygen atoms in total. The fourth-order valence-electron chi connectivity index (χ4n) is 1.03. The first-order valence-electron chi connectivity index (χ1n) is 4.39. The molecule has 5 heteroatoms. The highest BCUT2D eigenvalue weighted by molar-refractivity contribution is 7.13. The smallest absolute Gasteiger partial charge is 0.183 e. The Labute approximate surface area is 80.8 Å². The molecule has 1 aromatic rings. The van der Waals surface area contributed by atoms with Crippen molar-refractivity contribution in [1.29, 1.82) is 0 Å². The van der Waals surface area contributed by atoms with Gasteiger partial charge in [0.25, 0.3) is 0 Å².